The predicted molar refractivity (Wildman–Crippen MR) is 95.6 cm³/mol. The van der Waals surface area contributed by atoms with E-state index in [1.807, 2.05) is 0 Å². The van der Waals surface area contributed by atoms with Gasteiger partial charge in [-0.1, -0.05) is 6.07 Å². The van der Waals surface area contributed by atoms with Crippen LogP contribution in [0.2, 0.25) is 0 Å². The summed E-state index contributed by atoms with van der Waals surface area (Å²) in [6.45, 7) is 0.181. The molecule has 2 amide bonds. The van der Waals surface area contributed by atoms with Crippen molar-refractivity contribution in [1.82, 2.24) is 4.90 Å². The van der Waals surface area contributed by atoms with E-state index >= 15 is 0 Å². The van der Waals surface area contributed by atoms with Gasteiger partial charge in [0.05, 0.1) is 11.1 Å². The van der Waals surface area contributed by atoms with Crippen LogP contribution < -0.4 is 5.32 Å². The lowest BCUT2D eigenvalue weighted by atomic mass is 10.1. The number of rotatable bonds is 3. The SMILES string of the molecule is O=C(Nc1ccc(C(F)(F)F)cc1)C1CCCN1C(=O)c1cccc(C(F)(F)F)c1. The van der Waals surface area contributed by atoms with E-state index < -0.39 is 41.3 Å². The third kappa shape index (κ3) is 4.74. The number of alkyl halides is 6. The zero-order chi connectivity index (χ0) is 22.1. The number of anilines is 1. The van der Waals surface area contributed by atoms with Gasteiger partial charge in [-0.05, 0) is 55.3 Å². The van der Waals surface area contributed by atoms with Gasteiger partial charge in [-0.25, -0.2) is 0 Å². The van der Waals surface area contributed by atoms with Crippen LogP contribution in [0.3, 0.4) is 0 Å². The molecule has 4 nitrogen and oxygen atoms in total. The predicted octanol–water partition coefficient (Wildman–Crippen LogP) is 4.97. The lowest BCUT2D eigenvalue weighted by Gasteiger charge is -2.24. The molecule has 1 heterocycles. The molecule has 2 aromatic carbocycles. The van der Waals surface area contributed by atoms with Crippen LogP contribution >= 0.6 is 0 Å². The molecule has 0 saturated carbocycles. The van der Waals surface area contributed by atoms with Gasteiger partial charge in [-0.15, -0.1) is 0 Å². The Morgan fingerprint density at radius 1 is 0.900 bits per heavy atom. The van der Waals surface area contributed by atoms with E-state index in [9.17, 15) is 35.9 Å². The molecule has 160 valence electrons. The van der Waals surface area contributed by atoms with Gasteiger partial charge < -0.3 is 10.2 Å². The fraction of sp³-hybridized carbons (Fsp3) is 0.300. The monoisotopic (exact) mass is 430 g/mol. The lowest BCUT2D eigenvalue weighted by Crippen LogP contribution is -2.43. The van der Waals surface area contributed by atoms with Gasteiger partial charge >= 0.3 is 12.4 Å². The summed E-state index contributed by atoms with van der Waals surface area (Å²) in [4.78, 5) is 26.4. The molecule has 1 saturated heterocycles. The van der Waals surface area contributed by atoms with Crippen molar-refractivity contribution in [3.8, 4) is 0 Å². The topological polar surface area (TPSA) is 49.4 Å². The van der Waals surface area contributed by atoms with Crippen molar-refractivity contribution in [2.45, 2.75) is 31.2 Å². The van der Waals surface area contributed by atoms with Gasteiger partial charge in [-0.2, -0.15) is 26.3 Å². The molecule has 0 radical (unpaired) electrons. The Labute approximate surface area is 167 Å². The quantitative estimate of drug-likeness (QED) is 0.700. The van der Waals surface area contributed by atoms with Crippen LogP contribution in [-0.4, -0.2) is 29.3 Å². The maximum Gasteiger partial charge on any atom is 0.416 e. The molecule has 0 aromatic heterocycles. The van der Waals surface area contributed by atoms with E-state index in [1.54, 1.807) is 0 Å². The van der Waals surface area contributed by atoms with Crippen LogP contribution in [0, 0.1) is 0 Å². The van der Waals surface area contributed by atoms with E-state index in [-0.39, 0.29) is 24.2 Å². The van der Waals surface area contributed by atoms with Crippen LogP contribution in [0.4, 0.5) is 32.0 Å². The molecule has 1 unspecified atom stereocenters. The molecule has 1 aliphatic heterocycles. The van der Waals surface area contributed by atoms with Crippen LogP contribution in [0.5, 0.6) is 0 Å². The number of likely N-dealkylation sites (tertiary alicyclic amines) is 1. The summed E-state index contributed by atoms with van der Waals surface area (Å²) in [7, 11) is 0. The summed E-state index contributed by atoms with van der Waals surface area (Å²) in [6.07, 6.45) is -8.37. The molecule has 1 atom stereocenters. The number of amides is 2. The minimum Gasteiger partial charge on any atom is -0.327 e. The van der Waals surface area contributed by atoms with Crippen LogP contribution in [0.25, 0.3) is 0 Å². The minimum absolute atomic E-state index is 0.117. The summed E-state index contributed by atoms with van der Waals surface area (Å²) in [6, 6.07) is 6.80. The molecule has 3 rings (SSSR count). The second kappa shape index (κ2) is 8.00. The number of carbonyl (C=O) groups excluding carboxylic acids is 2. The molecule has 0 spiro atoms. The van der Waals surface area contributed by atoms with Crippen molar-refractivity contribution in [3.05, 3.63) is 65.2 Å². The van der Waals surface area contributed by atoms with Crippen molar-refractivity contribution >= 4 is 17.5 Å². The first-order valence-electron chi connectivity index (χ1n) is 8.93. The molecule has 30 heavy (non-hydrogen) atoms. The first-order chi connectivity index (χ1) is 14.0. The number of hydrogen-bond donors (Lipinski definition) is 1. The summed E-state index contributed by atoms with van der Waals surface area (Å²) in [5, 5.41) is 2.45. The van der Waals surface area contributed by atoms with Gasteiger partial charge in [0.2, 0.25) is 5.91 Å². The average Bonchev–Trinajstić information content (AvgIpc) is 3.16. The highest BCUT2D eigenvalue weighted by Gasteiger charge is 2.36. The maximum atomic E-state index is 12.9. The van der Waals surface area contributed by atoms with E-state index in [0.29, 0.717) is 6.42 Å². The van der Waals surface area contributed by atoms with Crippen molar-refractivity contribution in [1.29, 1.82) is 0 Å². The first kappa shape index (κ1) is 21.7. The van der Waals surface area contributed by atoms with Crippen molar-refractivity contribution in [2.24, 2.45) is 0 Å². The normalized spacial score (nSPS) is 17.1. The molecular formula is C20H16F6N2O2. The van der Waals surface area contributed by atoms with Gasteiger partial charge in [0, 0.05) is 17.8 Å². The largest absolute Gasteiger partial charge is 0.416 e. The van der Waals surface area contributed by atoms with Gasteiger partial charge in [-0.3, -0.25) is 9.59 Å². The van der Waals surface area contributed by atoms with E-state index in [0.717, 1.165) is 42.5 Å². The van der Waals surface area contributed by atoms with Crippen molar-refractivity contribution < 1.29 is 35.9 Å². The Morgan fingerprint density at radius 2 is 1.53 bits per heavy atom. The Balaban J connectivity index is 1.74. The number of halogens is 6. The van der Waals surface area contributed by atoms with Crippen LogP contribution in [0.15, 0.2) is 48.5 Å². The van der Waals surface area contributed by atoms with Crippen molar-refractivity contribution in [3.63, 3.8) is 0 Å². The summed E-state index contributed by atoms with van der Waals surface area (Å²) < 4.78 is 76.6. The summed E-state index contributed by atoms with van der Waals surface area (Å²) in [5.41, 5.74) is -1.92. The highest BCUT2D eigenvalue weighted by Crippen LogP contribution is 2.31. The Kier molecular flexibility index (Phi) is 5.78. The van der Waals surface area contributed by atoms with Crippen LogP contribution in [-0.2, 0) is 17.1 Å². The van der Waals surface area contributed by atoms with Gasteiger partial charge in [0.1, 0.15) is 6.04 Å². The fourth-order valence-corrected chi connectivity index (χ4v) is 3.24. The molecular weight excluding hydrogens is 414 g/mol. The Bertz CT molecular complexity index is 938. The van der Waals surface area contributed by atoms with E-state index in [1.165, 1.54) is 11.0 Å². The minimum atomic E-state index is -4.61. The summed E-state index contributed by atoms with van der Waals surface area (Å²) in [5.74, 6) is -1.33. The molecule has 0 bridgehead atoms. The first-order valence-corrected chi connectivity index (χ1v) is 8.93. The molecule has 1 N–H and O–H groups in total. The molecule has 10 heteroatoms. The number of benzene rings is 2. The summed E-state index contributed by atoms with van der Waals surface area (Å²) >= 11 is 0. The third-order valence-corrected chi connectivity index (χ3v) is 4.73. The zero-order valence-electron chi connectivity index (χ0n) is 15.3. The molecule has 1 aliphatic rings. The smallest absolute Gasteiger partial charge is 0.327 e. The third-order valence-electron chi connectivity index (χ3n) is 4.73. The highest BCUT2D eigenvalue weighted by atomic mass is 19.4. The standard InChI is InChI=1S/C20H16F6N2O2/c21-19(22,23)13-6-8-15(9-7-13)27-17(29)16-5-2-10-28(16)18(30)12-3-1-4-14(11-12)20(24,25)26/h1,3-4,6-9,11,16H,2,5,10H2,(H,27,29). The van der Waals surface area contributed by atoms with Crippen LogP contribution in [0.1, 0.15) is 34.3 Å². The molecule has 2 aromatic rings. The average molecular weight is 430 g/mol. The molecule has 0 aliphatic carbocycles. The number of nitrogens with zero attached hydrogens (tertiary/aromatic N) is 1. The fourth-order valence-electron chi connectivity index (χ4n) is 3.24. The van der Waals surface area contributed by atoms with E-state index in [4.69, 9.17) is 0 Å². The van der Waals surface area contributed by atoms with E-state index in [2.05, 4.69) is 5.32 Å². The van der Waals surface area contributed by atoms with Crippen molar-refractivity contribution in [2.75, 3.05) is 11.9 Å². The number of nitrogens with one attached hydrogen (secondary N) is 1. The number of hydrogen-bond acceptors (Lipinski definition) is 2. The highest BCUT2D eigenvalue weighted by molar-refractivity contribution is 6.01. The lowest BCUT2D eigenvalue weighted by molar-refractivity contribution is -0.138. The second-order valence-corrected chi connectivity index (χ2v) is 6.80. The Hall–Kier alpha value is -3.04. The Morgan fingerprint density at radius 3 is 2.13 bits per heavy atom. The van der Waals surface area contributed by atoms with Gasteiger partial charge in [0.15, 0.2) is 0 Å². The molecule has 1 fully saturated rings. The zero-order valence-corrected chi connectivity index (χ0v) is 15.3. The number of carbonyl (C=O) groups is 2. The van der Waals surface area contributed by atoms with Gasteiger partial charge in [0.25, 0.3) is 5.91 Å². The second-order valence-electron chi connectivity index (χ2n) is 6.80. The maximum absolute atomic E-state index is 12.9.